The van der Waals surface area contributed by atoms with Gasteiger partial charge in [0.2, 0.25) is 0 Å². The maximum absolute atomic E-state index is 12.1. The van der Waals surface area contributed by atoms with Gasteiger partial charge in [0, 0.05) is 11.8 Å². The number of ether oxygens (including phenoxy) is 1. The number of carbonyl (C=O) groups is 1. The van der Waals surface area contributed by atoms with E-state index in [1.165, 1.54) is 6.20 Å². The summed E-state index contributed by atoms with van der Waals surface area (Å²) in [6.07, 6.45) is 1.46. The monoisotopic (exact) mass is 274 g/mol. The first-order valence-corrected chi connectivity index (χ1v) is 6.26. The molecule has 0 aliphatic carbocycles. The largest absolute Gasteiger partial charge is 0.491 e. The second-order valence-electron chi connectivity index (χ2n) is 4.24. The molecule has 4 nitrogen and oxygen atoms in total. The Morgan fingerprint density at radius 1 is 1.32 bits per heavy atom. The lowest BCUT2D eigenvalue weighted by Crippen LogP contribution is -2.29. The van der Waals surface area contributed by atoms with Gasteiger partial charge in [-0.3, -0.25) is 4.79 Å². The van der Waals surface area contributed by atoms with Crippen molar-refractivity contribution in [3.8, 4) is 5.75 Å². The van der Waals surface area contributed by atoms with Crippen LogP contribution in [-0.2, 0) is 0 Å². The Morgan fingerprint density at radius 3 is 2.95 bits per heavy atom. The third kappa shape index (κ3) is 2.39. The van der Waals surface area contributed by atoms with E-state index in [0.717, 1.165) is 11.3 Å². The minimum absolute atomic E-state index is 0.126. The minimum Gasteiger partial charge on any atom is -0.491 e. The SMILES string of the molecule is O=C(NC1COc2ccccc21)c1ccc(Cl)nc1. The summed E-state index contributed by atoms with van der Waals surface area (Å²) in [5.74, 6) is 0.636. The fourth-order valence-corrected chi connectivity index (χ4v) is 2.15. The van der Waals surface area contributed by atoms with Crippen molar-refractivity contribution < 1.29 is 9.53 Å². The Bertz CT molecular complexity index is 613. The molecule has 2 aromatic rings. The van der Waals surface area contributed by atoms with Gasteiger partial charge >= 0.3 is 0 Å². The van der Waals surface area contributed by atoms with Crippen LogP contribution in [0.15, 0.2) is 42.6 Å². The highest BCUT2D eigenvalue weighted by molar-refractivity contribution is 6.29. The topological polar surface area (TPSA) is 51.2 Å². The average molecular weight is 275 g/mol. The normalized spacial score (nSPS) is 16.6. The molecule has 0 saturated heterocycles. The molecule has 0 bridgehead atoms. The van der Waals surface area contributed by atoms with E-state index >= 15 is 0 Å². The Morgan fingerprint density at radius 2 is 2.16 bits per heavy atom. The van der Waals surface area contributed by atoms with Crippen molar-refractivity contribution in [1.29, 1.82) is 0 Å². The van der Waals surface area contributed by atoms with Gasteiger partial charge in [0.1, 0.15) is 17.5 Å². The molecule has 1 aromatic carbocycles. The zero-order chi connectivity index (χ0) is 13.2. The van der Waals surface area contributed by atoms with Crippen molar-refractivity contribution in [2.24, 2.45) is 0 Å². The molecular formula is C14H11ClN2O2. The molecule has 96 valence electrons. The van der Waals surface area contributed by atoms with E-state index < -0.39 is 0 Å². The average Bonchev–Trinajstić information content (AvgIpc) is 2.83. The van der Waals surface area contributed by atoms with Crippen LogP contribution in [0.4, 0.5) is 0 Å². The van der Waals surface area contributed by atoms with Crippen molar-refractivity contribution in [2.45, 2.75) is 6.04 Å². The van der Waals surface area contributed by atoms with Gasteiger partial charge in [-0.2, -0.15) is 0 Å². The van der Waals surface area contributed by atoms with Crippen LogP contribution in [0.25, 0.3) is 0 Å². The van der Waals surface area contributed by atoms with Crippen molar-refractivity contribution >= 4 is 17.5 Å². The lowest BCUT2D eigenvalue weighted by Gasteiger charge is -2.11. The van der Waals surface area contributed by atoms with Gasteiger partial charge < -0.3 is 10.1 Å². The van der Waals surface area contributed by atoms with Crippen LogP contribution < -0.4 is 10.1 Å². The predicted octanol–water partition coefficient (Wildman–Crippen LogP) is 2.60. The summed E-state index contributed by atoms with van der Waals surface area (Å²) >= 11 is 5.69. The number of hydrogen-bond acceptors (Lipinski definition) is 3. The van der Waals surface area contributed by atoms with Crippen LogP contribution in [0.5, 0.6) is 5.75 Å². The Kier molecular flexibility index (Phi) is 3.09. The molecule has 0 radical (unpaired) electrons. The minimum atomic E-state index is -0.186. The van der Waals surface area contributed by atoms with E-state index in [1.807, 2.05) is 24.3 Å². The summed E-state index contributed by atoms with van der Waals surface area (Å²) in [5.41, 5.74) is 1.48. The third-order valence-corrected chi connectivity index (χ3v) is 3.22. The molecular weight excluding hydrogens is 264 g/mol. The number of halogens is 1. The number of benzene rings is 1. The standard InChI is InChI=1S/C14H11ClN2O2/c15-13-6-5-9(7-16-13)14(18)17-11-8-19-12-4-2-1-3-10(11)12/h1-7,11H,8H2,(H,17,18). The first-order valence-electron chi connectivity index (χ1n) is 5.88. The van der Waals surface area contributed by atoms with Crippen LogP contribution in [0.3, 0.4) is 0 Å². The molecule has 1 unspecified atom stereocenters. The number of hydrogen-bond donors (Lipinski definition) is 1. The first-order chi connectivity index (χ1) is 9.24. The van der Waals surface area contributed by atoms with E-state index in [9.17, 15) is 4.79 Å². The molecule has 1 aliphatic rings. The number of amides is 1. The molecule has 1 atom stereocenters. The summed E-state index contributed by atoms with van der Waals surface area (Å²) in [5, 5.41) is 3.29. The summed E-state index contributed by atoms with van der Waals surface area (Å²) in [6.45, 7) is 0.451. The van der Waals surface area contributed by atoms with E-state index in [2.05, 4.69) is 10.3 Å². The van der Waals surface area contributed by atoms with Gasteiger partial charge in [-0.05, 0) is 18.2 Å². The molecule has 1 amide bonds. The molecule has 2 heterocycles. The number of nitrogens with zero attached hydrogens (tertiary/aromatic N) is 1. The summed E-state index contributed by atoms with van der Waals surface area (Å²) in [7, 11) is 0. The zero-order valence-corrected chi connectivity index (χ0v) is 10.7. The van der Waals surface area contributed by atoms with Crippen LogP contribution in [0, 0.1) is 0 Å². The van der Waals surface area contributed by atoms with Crippen LogP contribution in [-0.4, -0.2) is 17.5 Å². The van der Waals surface area contributed by atoms with E-state index in [4.69, 9.17) is 16.3 Å². The van der Waals surface area contributed by atoms with Gasteiger partial charge in [-0.15, -0.1) is 0 Å². The van der Waals surface area contributed by atoms with E-state index in [-0.39, 0.29) is 11.9 Å². The summed E-state index contributed by atoms with van der Waals surface area (Å²) in [4.78, 5) is 16.0. The summed E-state index contributed by atoms with van der Waals surface area (Å²) < 4.78 is 5.52. The van der Waals surface area contributed by atoms with Crippen molar-refractivity contribution in [2.75, 3.05) is 6.61 Å². The molecule has 3 rings (SSSR count). The maximum atomic E-state index is 12.1. The van der Waals surface area contributed by atoms with Crippen LogP contribution in [0.1, 0.15) is 22.0 Å². The van der Waals surface area contributed by atoms with Crippen molar-refractivity contribution in [1.82, 2.24) is 10.3 Å². The first kappa shape index (κ1) is 12.0. The third-order valence-electron chi connectivity index (χ3n) is 2.99. The molecule has 1 N–H and O–H groups in total. The van der Waals surface area contributed by atoms with Gasteiger partial charge in [0.25, 0.3) is 5.91 Å². The Labute approximate surface area is 115 Å². The van der Waals surface area contributed by atoms with Crippen molar-refractivity contribution in [3.05, 3.63) is 58.9 Å². The second kappa shape index (κ2) is 4.90. The lowest BCUT2D eigenvalue weighted by atomic mass is 10.1. The zero-order valence-electron chi connectivity index (χ0n) is 9.97. The van der Waals surface area contributed by atoms with E-state index in [1.54, 1.807) is 12.1 Å². The molecule has 1 aliphatic heterocycles. The van der Waals surface area contributed by atoms with Gasteiger partial charge in [0.15, 0.2) is 0 Å². The number of para-hydroxylation sites is 1. The maximum Gasteiger partial charge on any atom is 0.253 e. The number of pyridine rings is 1. The van der Waals surface area contributed by atoms with Gasteiger partial charge in [-0.1, -0.05) is 29.8 Å². The van der Waals surface area contributed by atoms with Gasteiger partial charge in [0.05, 0.1) is 11.6 Å². The molecule has 19 heavy (non-hydrogen) atoms. The number of nitrogens with one attached hydrogen (secondary N) is 1. The molecule has 0 spiro atoms. The highest BCUT2D eigenvalue weighted by Gasteiger charge is 2.25. The predicted molar refractivity (Wildman–Crippen MR) is 71.4 cm³/mol. The Balaban J connectivity index is 1.76. The van der Waals surface area contributed by atoms with Crippen molar-refractivity contribution in [3.63, 3.8) is 0 Å². The molecule has 1 aromatic heterocycles. The van der Waals surface area contributed by atoms with Crippen LogP contribution >= 0.6 is 11.6 Å². The molecule has 5 heteroatoms. The molecule has 0 saturated carbocycles. The van der Waals surface area contributed by atoms with Gasteiger partial charge in [-0.25, -0.2) is 4.98 Å². The number of rotatable bonds is 2. The van der Waals surface area contributed by atoms with E-state index in [0.29, 0.717) is 17.3 Å². The highest BCUT2D eigenvalue weighted by atomic mass is 35.5. The smallest absolute Gasteiger partial charge is 0.253 e. The quantitative estimate of drug-likeness (QED) is 0.857. The summed E-state index contributed by atoms with van der Waals surface area (Å²) in [6, 6.07) is 10.8. The molecule has 0 fully saturated rings. The highest BCUT2D eigenvalue weighted by Crippen LogP contribution is 2.31. The fourth-order valence-electron chi connectivity index (χ4n) is 2.03. The fraction of sp³-hybridized carbons (Fsp3) is 0.143. The van der Waals surface area contributed by atoms with Crippen LogP contribution in [0.2, 0.25) is 5.15 Å². The Hall–Kier alpha value is -2.07. The second-order valence-corrected chi connectivity index (χ2v) is 4.63. The lowest BCUT2D eigenvalue weighted by molar-refractivity contribution is 0.0930. The number of aromatic nitrogens is 1. The number of carbonyl (C=O) groups excluding carboxylic acids is 1. The number of fused-ring (bicyclic) bond motifs is 1.